The van der Waals surface area contributed by atoms with Gasteiger partial charge in [0.05, 0.1) is 22.4 Å². The van der Waals surface area contributed by atoms with Crippen molar-refractivity contribution >= 4 is 38.9 Å². The molecule has 2 nitrogen and oxygen atoms in total. The molecule has 0 saturated heterocycles. The maximum atomic E-state index is 2.42. The molecule has 0 spiro atoms. The highest BCUT2D eigenvalue weighted by molar-refractivity contribution is 6.10. The molecule has 0 radical (unpaired) electrons. The van der Waals surface area contributed by atoms with Crippen LogP contribution in [0.2, 0.25) is 0 Å². The Morgan fingerprint density at radius 3 is 1.50 bits per heavy atom. The van der Waals surface area contributed by atoms with E-state index in [1.165, 1.54) is 49.6 Å². The molecule has 2 heteroatoms. The van der Waals surface area contributed by atoms with E-state index >= 15 is 0 Å². The Morgan fingerprint density at radius 2 is 0.820 bits per heavy atom. The molecule has 0 bridgehead atoms. The summed E-state index contributed by atoms with van der Waals surface area (Å²) in [5.41, 5.74) is 13.9. The molecule has 0 aliphatic carbocycles. The molecule has 9 aromatic rings. The summed E-state index contributed by atoms with van der Waals surface area (Å²) >= 11 is 0. The summed E-state index contributed by atoms with van der Waals surface area (Å²) in [5.74, 6) is 0. The highest BCUT2D eigenvalue weighted by Crippen LogP contribution is 2.44. The van der Waals surface area contributed by atoms with E-state index in [2.05, 4.69) is 216 Å². The zero-order chi connectivity index (χ0) is 33.3. The van der Waals surface area contributed by atoms with E-state index in [1.807, 2.05) is 0 Å². The Kier molecular flexibility index (Phi) is 7.53. The minimum absolute atomic E-state index is 1.09. The number of hydrogen-bond donors (Lipinski definition) is 0. The average Bonchev–Trinajstić information content (AvgIpc) is 3.54. The number of nitrogens with zero attached hydrogens (tertiary/aromatic N) is 2. The van der Waals surface area contributed by atoms with Crippen LogP contribution in [0, 0.1) is 0 Å². The zero-order valence-corrected chi connectivity index (χ0v) is 27.5. The van der Waals surface area contributed by atoms with Crippen molar-refractivity contribution in [3.63, 3.8) is 0 Å². The first-order valence-corrected chi connectivity index (χ1v) is 17.1. The highest BCUT2D eigenvalue weighted by Gasteiger charge is 2.21. The number of aromatic nitrogens is 1. The van der Waals surface area contributed by atoms with Crippen LogP contribution in [0.5, 0.6) is 0 Å². The van der Waals surface area contributed by atoms with E-state index in [-0.39, 0.29) is 0 Å². The van der Waals surface area contributed by atoms with Gasteiger partial charge < -0.3 is 9.47 Å². The van der Waals surface area contributed by atoms with Gasteiger partial charge >= 0.3 is 0 Å². The quantitative estimate of drug-likeness (QED) is 0.169. The normalized spacial score (nSPS) is 11.2. The summed E-state index contributed by atoms with van der Waals surface area (Å²) in [5, 5.41) is 2.51. The van der Waals surface area contributed by atoms with E-state index in [0.717, 1.165) is 28.3 Å². The lowest BCUT2D eigenvalue weighted by Gasteiger charge is -2.29. The van der Waals surface area contributed by atoms with Gasteiger partial charge in [-0.15, -0.1) is 0 Å². The van der Waals surface area contributed by atoms with Crippen LogP contribution >= 0.6 is 0 Å². The Labute approximate surface area is 292 Å². The molecular formula is C48H34N2. The van der Waals surface area contributed by atoms with Crippen molar-refractivity contribution in [2.45, 2.75) is 0 Å². The number of fused-ring (bicyclic) bond motifs is 3. The third kappa shape index (κ3) is 5.24. The van der Waals surface area contributed by atoms with E-state index in [1.54, 1.807) is 0 Å². The Morgan fingerprint density at radius 1 is 0.320 bits per heavy atom. The van der Waals surface area contributed by atoms with Crippen LogP contribution in [-0.4, -0.2) is 4.57 Å². The maximum Gasteiger partial charge on any atom is 0.0541 e. The SMILES string of the molecule is c1ccc(-c2ccc(N(c3cccc(-c4ccccc4)c3)c3ccccc3-c3ccccc3-n3c4ccccc4c4ccccc43)cc2)cc1. The monoisotopic (exact) mass is 638 g/mol. The summed E-state index contributed by atoms with van der Waals surface area (Å²) in [7, 11) is 0. The van der Waals surface area contributed by atoms with Gasteiger partial charge in [-0.3, -0.25) is 0 Å². The fourth-order valence-electron chi connectivity index (χ4n) is 7.29. The molecular weight excluding hydrogens is 605 g/mol. The van der Waals surface area contributed by atoms with Crippen LogP contribution in [0.3, 0.4) is 0 Å². The van der Waals surface area contributed by atoms with Gasteiger partial charge in [0.1, 0.15) is 0 Å². The van der Waals surface area contributed by atoms with Crippen LogP contribution in [-0.2, 0) is 0 Å². The summed E-state index contributed by atoms with van der Waals surface area (Å²) in [4.78, 5) is 2.40. The van der Waals surface area contributed by atoms with Crippen molar-refractivity contribution in [2.75, 3.05) is 4.90 Å². The Bertz CT molecular complexity index is 2530. The van der Waals surface area contributed by atoms with Crippen LogP contribution in [0.15, 0.2) is 206 Å². The minimum Gasteiger partial charge on any atom is -0.310 e. The topological polar surface area (TPSA) is 8.17 Å². The van der Waals surface area contributed by atoms with Crippen molar-refractivity contribution in [1.29, 1.82) is 0 Å². The van der Waals surface area contributed by atoms with E-state index < -0.39 is 0 Å². The fraction of sp³-hybridized carbons (Fsp3) is 0. The largest absolute Gasteiger partial charge is 0.310 e. The second-order valence-corrected chi connectivity index (χ2v) is 12.6. The van der Waals surface area contributed by atoms with Crippen LogP contribution in [0.25, 0.3) is 60.9 Å². The molecule has 0 fully saturated rings. The van der Waals surface area contributed by atoms with E-state index in [0.29, 0.717) is 0 Å². The summed E-state index contributed by atoms with van der Waals surface area (Å²) in [6, 6.07) is 74.1. The molecule has 236 valence electrons. The minimum atomic E-state index is 1.09. The molecule has 1 heterocycles. The molecule has 0 aliphatic heterocycles. The number of anilines is 3. The number of rotatable bonds is 7. The van der Waals surface area contributed by atoms with Crippen LogP contribution in [0.1, 0.15) is 0 Å². The van der Waals surface area contributed by atoms with Crippen molar-refractivity contribution < 1.29 is 0 Å². The van der Waals surface area contributed by atoms with Crippen molar-refractivity contribution in [3.05, 3.63) is 206 Å². The standard InChI is InChI=1S/C48H34N2/c1-3-16-35(17-4-1)37-30-32-39(33-31-37)49(40-21-15-20-38(34-40)36-18-5-2-6-19-36)45-26-11-7-22-41(45)42-23-8-12-27-46(42)50-47-28-13-9-24-43(47)44-25-10-14-29-48(44)50/h1-34H. The van der Waals surface area contributed by atoms with E-state index in [9.17, 15) is 0 Å². The van der Waals surface area contributed by atoms with Gasteiger partial charge in [-0.25, -0.2) is 0 Å². The number of para-hydroxylation sites is 4. The molecule has 0 aliphatic rings. The lowest BCUT2D eigenvalue weighted by Crippen LogP contribution is -2.11. The van der Waals surface area contributed by atoms with Crippen molar-refractivity contribution in [3.8, 4) is 39.1 Å². The third-order valence-corrected chi connectivity index (χ3v) is 9.60. The fourth-order valence-corrected chi connectivity index (χ4v) is 7.29. The Balaban J connectivity index is 1.26. The van der Waals surface area contributed by atoms with Gasteiger partial charge in [0, 0.05) is 33.3 Å². The molecule has 1 aromatic heterocycles. The van der Waals surface area contributed by atoms with Gasteiger partial charge in [0.2, 0.25) is 0 Å². The van der Waals surface area contributed by atoms with Gasteiger partial charge in [-0.1, -0.05) is 158 Å². The molecule has 9 rings (SSSR count). The molecule has 8 aromatic carbocycles. The Hall–Kier alpha value is -6.64. The average molecular weight is 639 g/mol. The predicted octanol–water partition coefficient (Wildman–Crippen LogP) is 13.3. The second-order valence-electron chi connectivity index (χ2n) is 12.6. The molecule has 0 saturated carbocycles. The summed E-state index contributed by atoms with van der Waals surface area (Å²) in [6.45, 7) is 0. The van der Waals surface area contributed by atoms with Crippen LogP contribution in [0.4, 0.5) is 17.1 Å². The summed E-state index contributed by atoms with van der Waals surface area (Å²) in [6.07, 6.45) is 0. The lowest BCUT2D eigenvalue weighted by molar-refractivity contribution is 1.18. The lowest BCUT2D eigenvalue weighted by atomic mass is 9.98. The first kappa shape index (κ1) is 29.5. The molecule has 50 heavy (non-hydrogen) atoms. The predicted molar refractivity (Wildman–Crippen MR) is 212 cm³/mol. The third-order valence-electron chi connectivity index (χ3n) is 9.60. The van der Waals surface area contributed by atoms with Crippen LogP contribution < -0.4 is 4.90 Å². The van der Waals surface area contributed by atoms with Gasteiger partial charge in [-0.2, -0.15) is 0 Å². The first-order valence-electron chi connectivity index (χ1n) is 17.1. The summed E-state index contributed by atoms with van der Waals surface area (Å²) < 4.78 is 2.42. The highest BCUT2D eigenvalue weighted by atomic mass is 15.1. The van der Waals surface area contributed by atoms with E-state index in [4.69, 9.17) is 0 Å². The number of benzene rings is 8. The maximum absolute atomic E-state index is 2.42. The van der Waals surface area contributed by atoms with Gasteiger partial charge in [0.25, 0.3) is 0 Å². The number of hydrogen-bond acceptors (Lipinski definition) is 1. The van der Waals surface area contributed by atoms with Gasteiger partial charge in [0.15, 0.2) is 0 Å². The van der Waals surface area contributed by atoms with Crippen molar-refractivity contribution in [2.24, 2.45) is 0 Å². The smallest absolute Gasteiger partial charge is 0.0541 e. The molecule has 0 N–H and O–H groups in total. The van der Waals surface area contributed by atoms with Crippen molar-refractivity contribution in [1.82, 2.24) is 4.57 Å². The first-order chi connectivity index (χ1) is 24.8. The zero-order valence-electron chi connectivity index (χ0n) is 27.5. The molecule has 0 unspecified atom stereocenters. The second kappa shape index (κ2) is 12.8. The molecule has 0 amide bonds. The molecule has 0 atom stereocenters. The van der Waals surface area contributed by atoms with Gasteiger partial charge in [-0.05, 0) is 70.8 Å².